The van der Waals surface area contributed by atoms with Gasteiger partial charge in [0.1, 0.15) is 5.69 Å². The van der Waals surface area contributed by atoms with Gasteiger partial charge in [-0.2, -0.15) is 5.10 Å². The topological polar surface area (TPSA) is 41.6 Å². The van der Waals surface area contributed by atoms with Crippen LogP contribution in [0, 0.1) is 11.8 Å². The van der Waals surface area contributed by atoms with Gasteiger partial charge in [0, 0.05) is 30.6 Å². The number of nitrogens with one attached hydrogen (secondary N) is 1. The third kappa shape index (κ3) is 3.21. The van der Waals surface area contributed by atoms with E-state index in [0.717, 1.165) is 23.2 Å². The lowest BCUT2D eigenvalue weighted by Gasteiger charge is -1.95. The van der Waals surface area contributed by atoms with Crippen LogP contribution in [-0.4, -0.2) is 15.2 Å². The molecule has 0 saturated heterocycles. The average Bonchev–Trinajstić information content (AvgIpc) is 2.88. The van der Waals surface area contributed by atoms with E-state index in [1.807, 2.05) is 18.3 Å². The van der Waals surface area contributed by atoms with Gasteiger partial charge in [-0.3, -0.25) is 10.1 Å². The molecule has 0 fully saturated rings. The minimum absolute atomic E-state index is 0.881. The zero-order chi connectivity index (χ0) is 12.6. The van der Waals surface area contributed by atoms with Crippen molar-refractivity contribution in [3.8, 4) is 23.1 Å². The molecule has 0 unspecified atom stereocenters. The summed E-state index contributed by atoms with van der Waals surface area (Å²) in [7, 11) is 0. The first-order valence-electron chi connectivity index (χ1n) is 6.35. The molecule has 0 aromatic carbocycles. The molecule has 92 valence electrons. The minimum atomic E-state index is 0.881. The first kappa shape index (κ1) is 12.4. The number of H-pyrrole nitrogens is 1. The molecule has 18 heavy (non-hydrogen) atoms. The lowest BCUT2D eigenvalue weighted by molar-refractivity contribution is 0.737. The highest BCUT2D eigenvalue weighted by molar-refractivity contribution is 5.65. The predicted octanol–water partition coefficient (Wildman–Crippen LogP) is 3.40. The molecule has 0 aliphatic heterocycles. The van der Waals surface area contributed by atoms with Crippen molar-refractivity contribution in [2.75, 3.05) is 0 Å². The number of aromatic nitrogens is 3. The summed E-state index contributed by atoms with van der Waals surface area (Å²) in [5.41, 5.74) is 2.82. The molecule has 0 bridgehead atoms. The van der Waals surface area contributed by atoms with Crippen LogP contribution in [0.3, 0.4) is 0 Å². The van der Waals surface area contributed by atoms with Gasteiger partial charge in [0.2, 0.25) is 0 Å². The highest BCUT2D eigenvalue weighted by atomic mass is 15.1. The van der Waals surface area contributed by atoms with Gasteiger partial charge < -0.3 is 0 Å². The molecule has 0 amide bonds. The van der Waals surface area contributed by atoms with Crippen LogP contribution in [-0.2, 0) is 0 Å². The van der Waals surface area contributed by atoms with E-state index >= 15 is 0 Å². The number of nitrogens with zero attached hydrogens (tertiary/aromatic N) is 2. The second-order valence-corrected chi connectivity index (χ2v) is 4.15. The SMILES string of the molecule is CCCCCC#Cc1c[nH]nc1-c1cccnc1. The summed E-state index contributed by atoms with van der Waals surface area (Å²) in [5.74, 6) is 6.38. The zero-order valence-electron chi connectivity index (χ0n) is 10.6. The Labute approximate surface area is 108 Å². The molecule has 3 nitrogen and oxygen atoms in total. The van der Waals surface area contributed by atoms with E-state index in [9.17, 15) is 0 Å². The molecule has 2 aromatic rings. The Hall–Kier alpha value is -2.08. The number of aromatic amines is 1. The molecular weight excluding hydrogens is 222 g/mol. The van der Waals surface area contributed by atoms with Crippen LogP contribution < -0.4 is 0 Å². The van der Waals surface area contributed by atoms with Crippen LogP contribution in [0.4, 0.5) is 0 Å². The lowest BCUT2D eigenvalue weighted by atomic mass is 10.1. The molecule has 0 saturated carbocycles. The summed E-state index contributed by atoms with van der Waals surface area (Å²) in [6.07, 6.45) is 10.00. The minimum Gasteiger partial charge on any atom is -0.284 e. The second-order valence-electron chi connectivity index (χ2n) is 4.15. The summed E-state index contributed by atoms with van der Waals surface area (Å²) >= 11 is 0. The summed E-state index contributed by atoms with van der Waals surface area (Å²) in [6.45, 7) is 2.20. The summed E-state index contributed by atoms with van der Waals surface area (Å²) in [6, 6.07) is 3.90. The van der Waals surface area contributed by atoms with Crippen LogP contribution in [0.25, 0.3) is 11.3 Å². The van der Waals surface area contributed by atoms with Gasteiger partial charge in [-0.1, -0.05) is 31.6 Å². The van der Waals surface area contributed by atoms with E-state index < -0.39 is 0 Å². The smallest absolute Gasteiger partial charge is 0.109 e. The van der Waals surface area contributed by atoms with E-state index in [1.165, 1.54) is 19.3 Å². The maximum Gasteiger partial charge on any atom is 0.109 e. The number of unbranched alkanes of at least 4 members (excludes halogenated alkanes) is 3. The van der Waals surface area contributed by atoms with E-state index in [0.29, 0.717) is 0 Å². The highest BCUT2D eigenvalue weighted by Gasteiger charge is 2.05. The van der Waals surface area contributed by atoms with Gasteiger partial charge in [-0.25, -0.2) is 0 Å². The number of rotatable bonds is 4. The molecular formula is C15H17N3. The molecule has 0 aliphatic carbocycles. The van der Waals surface area contributed by atoms with Crippen molar-refractivity contribution in [3.63, 3.8) is 0 Å². The third-order valence-corrected chi connectivity index (χ3v) is 2.70. The van der Waals surface area contributed by atoms with Crippen molar-refractivity contribution in [1.29, 1.82) is 0 Å². The van der Waals surface area contributed by atoms with Gasteiger partial charge in [0.25, 0.3) is 0 Å². The number of hydrogen-bond donors (Lipinski definition) is 1. The normalized spacial score (nSPS) is 9.83. The fourth-order valence-corrected chi connectivity index (χ4v) is 1.73. The van der Waals surface area contributed by atoms with Gasteiger partial charge in [-0.05, 0) is 18.6 Å². The van der Waals surface area contributed by atoms with E-state index in [-0.39, 0.29) is 0 Å². The summed E-state index contributed by atoms with van der Waals surface area (Å²) in [4.78, 5) is 4.10. The highest BCUT2D eigenvalue weighted by Crippen LogP contribution is 2.18. The van der Waals surface area contributed by atoms with Gasteiger partial charge in [0.05, 0.1) is 5.56 Å². The molecule has 2 heterocycles. The molecule has 1 N–H and O–H groups in total. The molecule has 2 aromatic heterocycles. The zero-order valence-corrected chi connectivity index (χ0v) is 10.6. The van der Waals surface area contributed by atoms with Crippen LogP contribution in [0.2, 0.25) is 0 Å². The van der Waals surface area contributed by atoms with E-state index in [1.54, 1.807) is 12.4 Å². The Kier molecular flexibility index (Phi) is 4.54. The maximum atomic E-state index is 4.23. The summed E-state index contributed by atoms with van der Waals surface area (Å²) in [5, 5.41) is 7.10. The first-order valence-corrected chi connectivity index (χ1v) is 6.35. The van der Waals surface area contributed by atoms with Crippen molar-refractivity contribution < 1.29 is 0 Å². The predicted molar refractivity (Wildman–Crippen MR) is 72.8 cm³/mol. The first-order chi connectivity index (χ1) is 8.92. The number of hydrogen-bond acceptors (Lipinski definition) is 2. The van der Waals surface area contributed by atoms with Crippen LogP contribution >= 0.6 is 0 Å². The van der Waals surface area contributed by atoms with Gasteiger partial charge >= 0.3 is 0 Å². The van der Waals surface area contributed by atoms with E-state index in [4.69, 9.17) is 0 Å². The van der Waals surface area contributed by atoms with Gasteiger partial charge in [0.15, 0.2) is 0 Å². The van der Waals surface area contributed by atoms with Crippen molar-refractivity contribution in [2.45, 2.75) is 32.6 Å². The van der Waals surface area contributed by atoms with Crippen molar-refractivity contribution in [3.05, 3.63) is 36.3 Å². The Morgan fingerprint density at radius 1 is 1.33 bits per heavy atom. The Balaban J connectivity index is 2.09. The van der Waals surface area contributed by atoms with Crippen LogP contribution in [0.1, 0.15) is 38.2 Å². The van der Waals surface area contributed by atoms with Crippen molar-refractivity contribution in [1.82, 2.24) is 15.2 Å². The summed E-state index contributed by atoms with van der Waals surface area (Å²) < 4.78 is 0. The van der Waals surface area contributed by atoms with Crippen molar-refractivity contribution in [2.24, 2.45) is 0 Å². The lowest BCUT2D eigenvalue weighted by Crippen LogP contribution is -1.82. The molecule has 3 heteroatoms. The monoisotopic (exact) mass is 239 g/mol. The van der Waals surface area contributed by atoms with Crippen LogP contribution in [0.5, 0.6) is 0 Å². The molecule has 0 aliphatic rings. The number of pyridine rings is 1. The van der Waals surface area contributed by atoms with Crippen molar-refractivity contribution >= 4 is 0 Å². The molecule has 0 radical (unpaired) electrons. The largest absolute Gasteiger partial charge is 0.284 e. The average molecular weight is 239 g/mol. The van der Waals surface area contributed by atoms with Gasteiger partial charge in [-0.15, -0.1) is 0 Å². The quantitative estimate of drug-likeness (QED) is 0.656. The second kappa shape index (κ2) is 6.61. The van der Waals surface area contributed by atoms with Crippen LogP contribution in [0.15, 0.2) is 30.7 Å². The Morgan fingerprint density at radius 2 is 2.28 bits per heavy atom. The molecule has 0 spiro atoms. The fraction of sp³-hybridized carbons (Fsp3) is 0.333. The third-order valence-electron chi connectivity index (χ3n) is 2.70. The fourth-order valence-electron chi connectivity index (χ4n) is 1.73. The Bertz CT molecular complexity index is 532. The molecule has 2 rings (SSSR count). The molecule has 0 atom stereocenters. The standard InChI is InChI=1S/C15H17N3/c1-2-3-4-5-6-8-14-12-17-18-15(14)13-9-7-10-16-11-13/h7,9-12H,2-5H2,1H3,(H,17,18). The van der Waals surface area contributed by atoms with E-state index in [2.05, 4.69) is 33.9 Å². The maximum absolute atomic E-state index is 4.23. The Morgan fingerprint density at radius 3 is 3.06 bits per heavy atom.